The molecular weight excluding hydrogens is 260 g/mol. The zero-order valence-electron chi connectivity index (χ0n) is 11.5. The lowest BCUT2D eigenvalue weighted by molar-refractivity contribution is 0.139. The Bertz CT molecular complexity index is 689. The molecule has 0 N–H and O–H groups in total. The van der Waals surface area contributed by atoms with E-state index in [2.05, 4.69) is 4.98 Å². The number of hydrogen-bond acceptors (Lipinski definition) is 5. The van der Waals surface area contributed by atoms with Crippen LogP contribution in [0, 0.1) is 0 Å². The third kappa shape index (κ3) is 2.22. The second-order valence-corrected chi connectivity index (χ2v) is 4.77. The molecule has 1 aliphatic rings. The van der Waals surface area contributed by atoms with Crippen molar-refractivity contribution < 1.29 is 14.2 Å². The molecule has 2 heterocycles. The number of ether oxygens (including phenoxy) is 3. The van der Waals surface area contributed by atoms with Gasteiger partial charge in [-0.25, -0.2) is 9.78 Å². The Morgan fingerprint density at radius 3 is 2.95 bits per heavy atom. The van der Waals surface area contributed by atoms with Crippen LogP contribution in [-0.4, -0.2) is 36.0 Å². The molecule has 1 aromatic heterocycles. The molecule has 6 heteroatoms. The minimum atomic E-state index is -0.294. The van der Waals surface area contributed by atoms with Crippen LogP contribution < -0.4 is 15.2 Å². The summed E-state index contributed by atoms with van der Waals surface area (Å²) in [5, 5.41) is 0.835. The van der Waals surface area contributed by atoms with Gasteiger partial charge in [-0.1, -0.05) is 0 Å². The third-order valence-corrected chi connectivity index (χ3v) is 3.46. The standard InChI is InChI=1S/C14H16N2O4/c1-16-11-6-12(18-2)13(20-10-3-4-19-8-10)5-9(11)7-15-14(16)17/h5-7,10H,3-4,8H2,1-2H3/t10-/m0/s1. The molecule has 106 valence electrons. The maximum Gasteiger partial charge on any atom is 0.347 e. The molecule has 0 spiro atoms. The van der Waals surface area contributed by atoms with Gasteiger partial charge in [-0.05, 0) is 6.07 Å². The van der Waals surface area contributed by atoms with Crippen molar-refractivity contribution in [1.29, 1.82) is 0 Å². The van der Waals surface area contributed by atoms with E-state index in [0.717, 1.165) is 23.9 Å². The number of rotatable bonds is 3. The Morgan fingerprint density at radius 2 is 2.25 bits per heavy atom. The normalized spacial score (nSPS) is 18.4. The van der Waals surface area contributed by atoms with E-state index < -0.39 is 0 Å². The van der Waals surface area contributed by atoms with Crippen molar-refractivity contribution in [3.63, 3.8) is 0 Å². The summed E-state index contributed by atoms with van der Waals surface area (Å²) < 4.78 is 18.1. The van der Waals surface area contributed by atoms with Crippen molar-refractivity contribution in [2.75, 3.05) is 20.3 Å². The van der Waals surface area contributed by atoms with Crippen LogP contribution in [0.2, 0.25) is 0 Å². The van der Waals surface area contributed by atoms with Gasteiger partial charge in [0.05, 0.1) is 25.8 Å². The topological polar surface area (TPSA) is 62.6 Å². The van der Waals surface area contributed by atoms with Gasteiger partial charge in [-0.3, -0.25) is 4.57 Å². The van der Waals surface area contributed by atoms with E-state index >= 15 is 0 Å². The first-order valence-corrected chi connectivity index (χ1v) is 6.47. The van der Waals surface area contributed by atoms with Crippen LogP contribution in [0.25, 0.3) is 10.9 Å². The van der Waals surface area contributed by atoms with Crippen LogP contribution in [0.5, 0.6) is 11.5 Å². The van der Waals surface area contributed by atoms with Crippen molar-refractivity contribution >= 4 is 10.9 Å². The predicted octanol–water partition coefficient (Wildman–Crippen LogP) is 1.11. The monoisotopic (exact) mass is 276 g/mol. The first-order valence-electron chi connectivity index (χ1n) is 6.47. The van der Waals surface area contributed by atoms with Crippen molar-refractivity contribution in [2.24, 2.45) is 7.05 Å². The highest BCUT2D eigenvalue weighted by Gasteiger charge is 2.19. The molecule has 1 aromatic carbocycles. The first kappa shape index (κ1) is 12.9. The Balaban J connectivity index is 2.07. The van der Waals surface area contributed by atoms with Gasteiger partial charge in [0, 0.05) is 31.1 Å². The first-order chi connectivity index (χ1) is 9.69. The number of aryl methyl sites for hydroxylation is 1. The van der Waals surface area contributed by atoms with Crippen LogP contribution in [0.3, 0.4) is 0 Å². The molecule has 2 aromatic rings. The summed E-state index contributed by atoms with van der Waals surface area (Å²) in [7, 11) is 3.26. The Hall–Kier alpha value is -2.08. The lowest BCUT2D eigenvalue weighted by Gasteiger charge is -2.16. The number of hydrogen-bond donors (Lipinski definition) is 0. The van der Waals surface area contributed by atoms with E-state index in [0.29, 0.717) is 18.1 Å². The highest BCUT2D eigenvalue weighted by Crippen LogP contribution is 2.33. The van der Waals surface area contributed by atoms with Gasteiger partial charge in [-0.15, -0.1) is 0 Å². The number of methoxy groups -OCH3 is 1. The molecule has 1 fully saturated rings. The third-order valence-electron chi connectivity index (χ3n) is 3.46. The molecule has 1 aliphatic heterocycles. The molecule has 1 saturated heterocycles. The zero-order valence-corrected chi connectivity index (χ0v) is 11.5. The quantitative estimate of drug-likeness (QED) is 0.840. The number of nitrogens with zero attached hydrogens (tertiary/aromatic N) is 2. The van der Waals surface area contributed by atoms with E-state index in [9.17, 15) is 4.79 Å². The summed E-state index contributed by atoms with van der Waals surface area (Å²) in [5.41, 5.74) is 0.467. The van der Waals surface area contributed by atoms with Crippen LogP contribution in [-0.2, 0) is 11.8 Å². The Kier molecular flexibility index (Phi) is 3.31. The molecule has 3 rings (SSSR count). The van der Waals surface area contributed by atoms with Crippen molar-refractivity contribution in [3.8, 4) is 11.5 Å². The summed E-state index contributed by atoms with van der Waals surface area (Å²) in [6.07, 6.45) is 2.46. The largest absolute Gasteiger partial charge is 0.493 e. The Labute approximate surface area is 115 Å². The fraction of sp³-hybridized carbons (Fsp3) is 0.429. The van der Waals surface area contributed by atoms with Gasteiger partial charge >= 0.3 is 5.69 Å². The molecule has 0 bridgehead atoms. The van der Waals surface area contributed by atoms with Crippen LogP contribution >= 0.6 is 0 Å². The van der Waals surface area contributed by atoms with Gasteiger partial charge < -0.3 is 14.2 Å². The maximum atomic E-state index is 11.6. The SMILES string of the molecule is COc1cc2c(cnc(=O)n2C)cc1O[C@H]1CCOC1. The van der Waals surface area contributed by atoms with Gasteiger partial charge in [0.15, 0.2) is 11.5 Å². The summed E-state index contributed by atoms with van der Waals surface area (Å²) in [4.78, 5) is 15.4. The minimum Gasteiger partial charge on any atom is -0.493 e. The second-order valence-electron chi connectivity index (χ2n) is 4.77. The molecule has 0 saturated carbocycles. The van der Waals surface area contributed by atoms with E-state index in [1.54, 1.807) is 26.4 Å². The number of aromatic nitrogens is 2. The molecule has 0 amide bonds. The molecule has 20 heavy (non-hydrogen) atoms. The van der Waals surface area contributed by atoms with E-state index in [1.165, 1.54) is 4.57 Å². The average Bonchev–Trinajstić information content (AvgIpc) is 2.96. The van der Waals surface area contributed by atoms with Crippen LogP contribution in [0.4, 0.5) is 0 Å². The Morgan fingerprint density at radius 1 is 1.40 bits per heavy atom. The van der Waals surface area contributed by atoms with E-state index in [1.807, 2.05) is 6.07 Å². The van der Waals surface area contributed by atoms with Gasteiger partial charge in [0.1, 0.15) is 6.10 Å². The van der Waals surface area contributed by atoms with E-state index in [-0.39, 0.29) is 11.8 Å². The molecule has 6 nitrogen and oxygen atoms in total. The maximum absolute atomic E-state index is 11.6. The van der Waals surface area contributed by atoms with Crippen molar-refractivity contribution in [3.05, 3.63) is 28.8 Å². The summed E-state index contributed by atoms with van der Waals surface area (Å²) in [6.45, 7) is 1.31. The zero-order chi connectivity index (χ0) is 14.1. The van der Waals surface area contributed by atoms with Crippen molar-refractivity contribution in [1.82, 2.24) is 9.55 Å². The highest BCUT2D eigenvalue weighted by atomic mass is 16.6. The van der Waals surface area contributed by atoms with Gasteiger partial charge in [0.25, 0.3) is 0 Å². The summed E-state index contributed by atoms with van der Waals surface area (Å²) in [6, 6.07) is 3.64. The molecular formula is C14H16N2O4. The molecule has 1 atom stereocenters. The fourth-order valence-electron chi connectivity index (χ4n) is 2.31. The van der Waals surface area contributed by atoms with Crippen LogP contribution in [0.1, 0.15) is 6.42 Å². The predicted molar refractivity (Wildman–Crippen MR) is 73.4 cm³/mol. The van der Waals surface area contributed by atoms with Crippen molar-refractivity contribution in [2.45, 2.75) is 12.5 Å². The number of benzene rings is 1. The lowest BCUT2D eigenvalue weighted by atomic mass is 10.2. The molecule has 0 radical (unpaired) electrons. The highest BCUT2D eigenvalue weighted by molar-refractivity contribution is 5.82. The smallest absolute Gasteiger partial charge is 0.347 e. The summed E-state index contributed by atoms with van der Waals surface area (Å²) >= 11 is 0. The fourth-order valence-corrected chi connectivity index (χ4v) is 2.31. The lowest BCUT2D eigenvalue weighted by Crippen LogP contribution is -2.20. The molecule has 0 unspecified atom stereocenters. The van der Waals surface area contributed by atoms with Gasteiger partial charge in [-0.2, -0.15) is 0 Å². The van der Waals surface area contributed by atoms with Gasteiger partial charge in [0.2, 0.25) is 0 Å². The van der Waals surface area contributed by atoms with Crippen LogP contribution in [0.15, 0.2) is 23.1 Å². The number of fused-ring (bicyclic) bond motifs is 1. The second kappa shape index (κ2) is 5.13. The molecule has 0 aliphatic carbocycles. The van der Waals surface area contributed by atoms with E-state index in [4.69, 9.17) is 14.2 Å². The minimum absolute atomic E-state index is 0.0434. The summed E-state index contributed by atoms with van der Waals surface area (Å²) in [5.74, 6) is 1.25. The average molecular weight is 276 g/mol.